The molecule has 2 aromatic rings. The van der Waals surface area contributed by atoms with E-state index in [1.165, 1.54) is 0 Å². The minimum atomic E-state index is -0.0902. The van der Waals surface area contributed by atoms with Crippen LogP contribution in [0.2, 0.25) is 10.0 Å². The minimum absolute atomic E-state index is 0.0902. The van der Waals surface area contributed by atoms with Gasteiger partial charge in [0.1, 0.15) is 0 Å². The molecule has 0 saturated carbocycles. The largest absolute Gasteiger partial charge is 0.326 e. The first-order valence-corrected chi connectivity index (χ1v) is 6.61. The van der Waals surface area contributed by atoms with Crippen LogP contribution in [0.5, 0.6) is 0 Å². The number of hydrogen-bond acceptors (Lipinski definition) is 1. The Balaban J connectivity index is 2.08. The SMILES string of the molecule is Cc1c(Cl)cccc1NC(=O)Cc1cccc(Cl)c1. The van der Waals surface area contributed by atoms with Gasteiger partial charge in [-0.15, -0.1) is 0 Å². The van der Waals surface area contributed by atoms with Crippen molar-refractivity contribution in [1.29, 1.82) is 0 Å². The van der Waals surface area contributed by atoms with Crippen LogP contribution < -0.4 is 5.32 Å². The third kappa shape index (κ3) is 3.72. The van der Waals surface area contributed by atoms with Crippen molar-refractivity contribution in [1.82, 2.24) is 0 Å². The highest BCUT2D eigenvalue weighted by molar-refractivity contribution is 6.31. The van der Waals surface area contributed by atoms with Crippen LogP contribution in [0.3, 0.4) is 0 Å². The lowest BCUT2D eigenvalue weighted by molar-refractivity contribution is -0.115. The second-order valence-corrected chi connectivity index (χ2v) is 5.11. The number of amides is 1. The van der Waals surface area contributed by atoms with E-state index >= 15 is 0 Å². The monoisotopic (exact) mass is 293 g/mol. The first-order chi connectivity index (χ1) is 9.06. The van der Waals surface area contributed by atoms with E-state index in [1.807, 2.05) is 31.2 Å². The number of anilines is 1. The molecular formula is C15H13Cl2NO. The van der Waals surface area contributed by atoms with Crippen LogP contribution in [0.25, 0.3) is 0 Å². The maximum atomic E-state index is 12.0. The summed E-state index contributed by atoms with van der Waals surface area (Å²) in [6.45, 7) is 1.87. The fraction of sp³-hybridized carbons (Fsp3) is 0.133. The Kier molecular flexibility index (Phi) is 4.46. The normalized spacial score (nSPS) is 10.3. The van der Waals surface area contributed by atoms with Gasteiger partial charge in [0.2, 0.25) is 5.91 Å². The highest BCUT2D eigenvalue weighted by atomic mass is 35.5. The predicted octanol–water partition coefficient (Wildman–Crippen LogP) is 4.48. The molecule has 0 unspecified atom stereocenters. The fourth-order valence-corrected chi connectivity index (χ4v) is 2.16. The molecule has 0 fully saturated rings. The summed E-state index contributed by atoms with van der Waals surface area (Å²) in [6, 6.07) is 12.7. The summed E-state index contributed by atoms with van der Waals surface area (Å²) in [4.78, 5) is 12.0. The number of carbonyl (C=O) groups excluding carboxylic acids is 1. The van der Waals surface area contributed by atoms with Gasteiger partial charge in [-0.3, -0.25) is 4.79 Å². The Morgan fingerprint density at radius 2 is 1.89 bits per heavy atom. The summed E-state index contributed by atoms with van der Waals surface area (Å²) in [5, 5.41) is 4.12. The zero-order valence-corrected chi connectivity index (χ0v) is 11.9. The molecule has 0 aliphatic heterocycles. The summed E-state index contributed by atoms with van der Waals surface area (Å²) >= 11 is 11.9. The molecule has 98 valence electrons. The average Bonchev–Trinajstić information content (AvgIpc) is 2.35. The molecule has 2 rings (SSSR count). The van der Waals surface area contributed by atoms with Crippen molar-refractivity contribution in [3.05, 3.63) is 63.6 Å². The second kappa shape index (κ2) is 6.09. The van der Waals surface area contributed by atoms with Crippen molar-refractivity contribution in [2.45, 2.75) is 13.3 Å². The van der Waals surface area contributed by atoms with Gasteiger partial charge in [0.05, 0.1) is 6.42 Å². The van der Waals surface area contributed by atoms with Crippen LogP contribution in [-0.4, -0.2) is 5.91 Å². The van der Waals surface area contributed by atoms with Gasteiger partial charge in [0.25, 0.3) is 0 Å². The van der Waals surface area contributed by atoms with Crippen molar-refractivity contribution in [3.63, 3.8) is 0 Å². The summed E-state index contributed by atoms with van der Waals surface area (Å²) in [7, 11) is 0. The van der Waals surface area contributed by atoms with Crippen molar-refractivity contribution < 1.29 is 4.79 Å². The quantitative estimate of drug-likeness (QED) is 0.888. The molecule has 19 heavy (non-hydrogen) atoms. The molecule has 0 spiro atoms. The van der Waals surface area contributed by atoms with E-state index in [4.69, 9.17) is 23.2 Å². The van der Waals surface area contributed by atoms with E-state index < -0.39 is 0 Å². The maximum Gasteiger partial charge on any atom is 0.228 e. The molecule has 1 N–H and O–H groups in total. The van der Waals surface area contributed by atoms with Crippen molar-refractivity contribution in [3.8, 4) is 0 Å². The highest BCUT2D eigenvalue weighted by Gasteiger charge is 2.07. The summed E-state index contributed by atoms with van der Waals surface area (Å²) in [5.41, 5.74) is 2.48. The van der Waals surface area contributed by atoms with Crippen molar-refractivity contribution in [2.24, 2.45) is 0 Å². The van der Waals surface area contributed by atoms with Gasteiger partial charge in [0.15, 0.2) is 0 Å². The van der Waals surface area contributed by atoms with E-state index in [1.54, 1.807) is 18.2 Å². The lowest BCUT2D eigenvalue weighted by Gasteiger charge is -2.09. The third-order valence-corrected chi connectivity index (χ3v) is 3.44. The predicted molar refractivity (Wildman–Crippen MR) is 80.0 cm³/mol. The fourth-order valence-electron chi connectivity index (χ4n) is 1.77. The van der Waals surface area contributed by atoms with E-state index in [2.05, 4.69) is 5.32 Å². The number of carbonyl (C=O) groups is 1. The van der Waals surface area contributed by atoms with Crippen LogP contribution in [0.4, 0.5) is 5.69 Å². The molecule has 0 heterocycles. The second-order valence-electron chi connectivity index (χ2n) is 4.27. The Labute approximate surface area is 122 Å². The number of hydrogen-bond donors (Lipinski definition) is 1. The molecule has 0 radical (unpaired) electrons. The van der Waals surface area contributed by atoms with Crippen LogP contribution in [0, 0.1) is 6.92 Å². The van der Waals surface area contributed by atoms with Crippen molar-refractivity contribution in [2.75, 3.05) is 5.32 Å². The number of nitrogens with one attached hydrogen (secondary N) is 1. The van der Waals surface area contributed by atoms with Gasteiger partial charge in [0, 0.05) is 15.7 Å². The zero-order valence-electron chi connectivity index (χ0n) is 10.4. The van der Waals surface area contributed by atoms with E-state index in [9.17, 15) is 4.79 Å². The Bertz CT molecular complexity index is 611. The van der Waals surface area contributed by atoms with Crippen LogP contribution in [0.1, 0.15) is 11.1 Å². The Hall–Kier alpha value is -1.51. The standard InChI is InChI=1S/C15H13Cl2NO/c1-10-13(17)6-3-7-14(10)18-15(19)9-11-4-2-5-12(16)8-11/h2-8H,9H2,1H3,(H,18,19). The van der Waals surface area contributed by atoms with Gasteiger partial charge in [-0.2, -0.15) is 0 Å². The lowest BCUT2D eigenvalue weighted by atomic mass is 10.1. The summed E-state index contributed by atoms with van der Waals surface area (Å²) < 4.78 is 0. The van der Waals surface area contributed by atoms with Gasteiger partial charge < -0.3 is 5.32 Å². The van der Waals surface area contributed by atoms with Crippen molar-refractivity contribution >= 4 is 34.8 Å². The molecule has 0 saturated heterocycles. The number of halogens is 2. The van der Waals surface area contributed by atoms with Crippen LogP contribution >= 0.6 is 23.2 Å². The number of benzene rings is 2. The van der Waals surface area contributed by atoms with E-state index in [0.29, 0.717) is 10.0 Å². The third-order valence-electron chi connectivity index (χ3n) is 2.80. The topological polar surface area (TPSA) is 29.1 Å². The molecule has 0 atom stereocenters. The lowest BCUT2D eigenvalue weighted by Crippen LogP contribution is -2.15. The van der Waals surface area contributed by atoms with E-state index in [-0.39, 0.29) is 12.3 Å². The molecule has 0 aliphatic carbocycles. The molecule has 4 heteroatoms. The number of rotatable bonds is 3. The molecule has 2 aromatic carbocycles. The van der Waals surface area contributed by atoms with Gasteiger partial charge in [-0.05, 0) is 42.3 Å². The average molecular weight is 294 g/mol. The van der Waals surface area contributed by atoms with E-state index in [0.717, 1.165) is 16.8 Å². The molecular weight excluding hydrogens is 281 g/mol. The van der Waals surface area contributed by atoms with Gasteiger partial charge in [-0.25, -0.2) is 0 Å². The van der Waals surface area contributed by atoms with Crippen LogP contribution in [0.15, 0.2) is 42.5 Å². The zero-order chi connectivity index (χ0) is 13.8. The molecule has 0 aliphatic rings. The molecule has 2 nitrogen and oxygen atoms in total. The van der Waals surface area contributed by atoms with Gasteiger partial charge >= 0.3 is 0 Å². The van der Waals surface area contributed by atoms with Crippen LogP contribution in [-0.2, 0) is 11.2 Å². The minimum Gasteiger partial charge on any atom is -0.326 e. The summed E-state index contributed by atoms with van der Waals surface area (Å²) in [5.74, 6) is -0.0902. The highest BCUT2D eigenvalue weighted by Crippen LogP contribution is 2.23. The molecule has 0 bridgehead atoms. The molecule has 0 aromatic heterocycles. The maximum absolute atomic E-state index is 12.0. The Morgan fingerprint density at radius 3 is 2.63 bits per heavy atom. The molecule has 1 amide bonds. The first-order valence-electron chi connectivity index (χ1n) is 5.85. The first kappa shape index (κ1) is 13.9. The summed E-state index contributed by atoms with van der Waals surface area (Å²) in [6.07, 6.45) is 0.284. The smallest absolute Gasteiger partial charge is 0.228 e. The Morgan fingerprint density at radius 1 is 1.16 bits per heavy atom. The van der Waals surface area contributed by atoms with Gasteiger partial charge in [-0.1, -0.05) is 41.4 Å².